The van der Waals surface area contributed by atoms with Crippen LogP contribution in [-0.4, -0.2) is 94.3 Å². The van der Waals surface area contributed by atoms with Gasteiger partial charge in [-0.1, -0.05) is 0 Å². The highest BCUT2D eigenvalue weighted by Crippen LogP contribution is 2.27. The van der Waals surface area contributed by atoms with Gasteiger partial charge in [-0.05, 0) is 52.2 Å². The molecule has 5 rings (SSSR count). The maximum absolute atomic E-state index is 13.5. The lowest BCUT2D eigenvalue weighted by Gasteiger charge is -2.35. The van der Waals surface area contributed by atoms with Crippen LogP contribution >= 0.6 is 0 Å². The first-order valence-corrected chi connectivity index (χ1v) is 14.4. The van der Waals surface area contributed by atoms with Gasteiger partial charge in [0, 0.05) is 46.1 Å². The van der Waals surface area contributed by atoms with Gasteiger partial charge in [-0.15, -0.1) is 0 Å². The molecule has 2 amide bonds. The van der Waals surface area contributed by atoms with E-state index in [4.69, 9.17) is 9.47 Å². The van der Waals surface area contributed by atoms with E-state index in [1.54, 1.807) is 56.8 Å². The summed E-state index contributed by atoms with van der Waals surface area (Å²) in [6.07, 6.45) is 4.81. The number of aromatic nitrogens is 4. The van der Waals surface area contributed by atoms with Crippen molar-refractivity contribution >= 4 is 35.0 Å². The molecule has 3 atom stereocenters. The van der Waals surface area contributed by atoms with E-state index >= 15 is 0 Å². The molecule has 1 saturated heterocycles. The molecular formula is C29H39FN8O5. The summed E-state index contributed by atoms with van der Waals surface area (Å²) in [5.74, 6) is 0.123. The highest BCUT2D eigenvalue weighted by Gasteiger charge is 2.33. The zero-order chi connectivity index (χ0) is 30.9. The van der Waals surface area contributed by atoms with Gasteiger partial charge in [-0.25, -0.2) is 14.2 Å². The summed E-state index contributed by atoms with van der Waals surface area (Å²) >= 11 is 0. The third kappa shape index (κ3) is 6.49. The molecule has 2 aliphatic rings. The predicted octanol–water partition coefficient (Wildman–Crippen LogP) is 3.13. The van der Waals surface area contributed by atoms with Gasteiger partial charge in [0.15, 0.2) is 5.65 Å². The largest absolute Gasteiger partial charge is 0.443 e. The van der Waals surface area contributed by atoms with Gasteiger partial charge in [0.05, 0.1) is 24.4 Å². The summed E-state index contributed by atoms with van der Waals surface area (Å²) in [7, 11) is 3.14. The molecule has 43 heavy (non-hydrogen) atoms. The molecule has 2 N–H and O–H groups in total. The van der Waals surface area contributed by atoms with Gasteiger partial charge in [-0.2, -0.15) is 9.61 Å². The first-order valence-electron chi connectivity index (χ1n) is 14.4. The predicted molar refractivity (Wildman–Crippen MR) is 159 cm³/mol. The van der Waals surface area contributed by atoms with E-state index in [2.05, 4.69) is 20.7 Å². The van der Waals surface area contributed by atoms with Crippen LogP contribution in [0.4, 0.5) is 26.5 Å². The number of ether oxygens (including phenoxy) is 2. The molecular weight excluding hydrogens is 559 g/mol. The minimum Gasteiger partial charge on any atom is -0.443 e. The molecule has 2 fully saturated rings. The molecule has 3 aromatic rings. The van der Waals surface area contributed by atoms with Crippen molar-refractivity contribution in [2.75, 3.05) is 50.7 Å². The maximum Gasteiger partial charge on any atom is 0.415 e. The number of methoxy groups -OCH3 is 1. The molecule has 0 spiro atoms. The SMILES string of the molecule is COC1CCC1NC(=O)c1cnn2c(N(C)C(=O)OC(C)(C)C)cc(Nc3cccn([C@@H]4CCN(CCF)C4)c3=O)nc12. The number of carbonyl (C=O) groups is 2. The fourth-order valence-electron chi connectivity index (χ4n) is 5.39. The standard InChI is InChI=1S/C29H39FN8O5/c1-29(2,3)43-28(41)35(4)24-15-23(32-21-7-6-12-37(27(21)40)18-10-13-36(17-18)14-11-30)34-25-19(16-31-38(24)25)26(39)33-20-8-9-22(20)42-5/h6-7,12,15-16,18,20,22H,8-11,13-14,17H2,1-5H3,(H,32,34)(H,33,39)/t18-,20?,22?/m1/s1. The number of anilines is 3. The zero-order valence-electron chi connectivity index (χ0n) is 25.2. The second kappa shape index (κ2) is 12.3. The van der Waals surface area contributed by atoms with E-state index in [0.29, 0.717) is 13.1 Å². The van der Waals surface area contributed by atoms with E-state index in [-0.39, 0.29) is 58.2 Å². The van der Waals surface area contributed by atoms with E-state index < -0.39 is 18.4 Å². The molecule has 232 valence electrons. The Labute approximate surface area is 248 Å². The Hall–Kier alpha value is -4.04. The van der Waals surface area contributed by atoms with Crippen molar-refractivity contribution in [3.05, 3.63) is 46.5 Å². The third-order valence-corrected chi connectivity index (χ3v) is 7.82. The summed E-state index contributed by atoms with van der Waals surface area (Å²) in [6.45, 7) is 6.50. The minimum atomic E-state index is -0.746. The molecule has 14 heteroatoms. The Morgan fingerprint density at radius 1 is 1.23 bits per heavy atom. The highest BCUT2D eigenvalue weighted by atomic mass is 19.1. The average molecular weight is 599 g/mol. The Morgan fingerprint density at radius 3 is 2.70 bits per heavy atom. The fraction of sp³-hybridized carbons (Fsp3) is 0.552. The first kappa shape index (κ1) is 30.4. The lowest BCUT2D eigenvalue weighted by molar-refractivity contribution is 0.00732. The maximum atomic E-state index is 13.5. The number of nitrogens with zero attached hydrogens (tertiary/aromatic N) is 6. The molecule has 0 bridgehead atoms. The molecule has 0 aromatic carbocycles. The van der Waals surface area contributed by atoms with Crippen LogP contribution in [0.15, 0.2) is 35.4 Å². The van der Waals surface area contributed by atoms with Crippen LogP contribution in [0, 0.1) is 0 Å². The van der Waals surface area contributed by atoms with Crippen LogP contribution in [0.25, 0.3) is 5.65 Å². The number of pyridine rings is 1. The number of alkyl halides is 1. The summed E-state index contributed by atoms with van der Waals surface area (Å²) in [6, 6.07) is 4.75. The van der Waals surface area contributed by atoms with E-state index in [1.165, 1.54) is 22.7 Å². The second-order valence-electron chi connectivity index (χ2n) is 12.0. The first-order chi connectivity index (χ1) is 20.5. The minimum absolute atomic E-state index is 0.0611. The summed E-state index contributed by atoms with van der Waals surface area (Å²) < 4.78 is 26.9. The van der Waals surface area contributed by atoms with Crippen molar-refractivity contribution in [3.63, 3.8) is 0 Å². The number of fused-ring (bicyclic) bond motifs is 1. The van der Waals surface area contributed by atoms with Crippen LogP contribution < -0.4 is 21.1 Å². The molecule has 3 aromatic heterocycles. The lowest BCUT2D eigenvalue weighted by atomic mass is 9.89. The zero-order valence-corrected chi connectivity index (χ0v) is 25.2. The van der Waals surface area contributed by atoms with Crippen LogP contribution in [-0.2, 0) is 9.47 Å². The topological polar surface area (TPSA) is 135 Å². The van der Waals surface area contributed by atoms with Crippen molar-refractivity contribution in [1.82, 2.24) is 29.4 Å². The van der Waals surface area contributed by atoms with Crippen molar-refractivity contribution in [3.8, 4) is 0 Å². The summed E-state index contributed by atoms with van der Waals surface area (Å²) in [4.78, 5) is 47.8. The van der Waals surface area contributed by atoms with Crippen LogP contribution in [0.1, 0.15) is 56.4 Å². The molecule has 1 aliphatic carbocycles. The third-order valence-electron chi connectivity index (χ3n) is 7.82. The van der Waals surface area contributed by atoms with E-state index in [0.717, 1.165) is 25.8 Å². The normalized spacial score (nSPS) is 20.6. The fourth-order valence-corrected chi connectivity index (χ4v) is 5.39. The Balaban J connectivity index is 1.50. The monoisotopic (exact) mass is 598 g/mol. The summed E-state index contributed by atoms with van der Waals surface area (Å²) in [5.41, 5.74) is -0.356. The molecule has 2 unspecified atom stereocenters. The van der Waals surface area contributed by atoms with Crippen LogP contribution in [0.2, 0.25) is 0 Å². The van der Waals surface area contributed by atoms with Gasteiger partial charge in [-0.3, -0.25) is 19.4 Å². The lowest BCUT2D eigenvalue weighted by Crippen LogP contribution is -2.51. The number of hydrogen-bond acceptors (Lipinski definition) is 9. The Kier molecular flexibility index (Phi) is 8.69. The summed E-state index contributed by atoms with van der Waals surface area (Å²) in [5, 5.41) is 10.4. The van der Waals surface area contributed by atoms with Crippen LogP contribution in [0.3, 0.4) is 0 Å². The van der Waals surface area contributed by atoms with Gasteiger partial charge in [0.25, 0.3) is 11.5 Å². The number of hydrogen-bond donors (Lipinski definition) is 2. The number of amides is 2. The van der Waals surface area contributed by atoms with Gasteiger partial charge < -0.3 is 24.7 Å². The molecule has 4 heterocycles. The van der Waals surface area contributed by atoms with Crippen molar-refractivity contribution in [2.24, 2.45) is 0 Å². The van der Waals surface area contributed by atoms with Gasteiger partial charge in [0.2, 0.25) is 0 Å². The smallest absolute Gasteiger partial charge is 0.415 e. The van der Waals surface area contributed by atoms with Crippen molar-refractivity contribution < 1.29 is 23.5 Å². The second-order valence-corrected chi connectivity index (χ2v) is 12.0. The molecule has 13 nitrogen and oxygen atoms in total. The van der Waals surface area contributed by atoms with Crippen molar-refractivity contribution in [1.29, 1.82) is 0 Å². The van der Waals surface area contributed by atoms with Crippen LogP contribution in [0.5, 0.6) is 0 Å². The number of carbonyl (C=O) groups excluding carboxylic acids is 2. The number of likely N-dealkylation sites (tertiary alicyclic amines) is 1. The van der Waals surface area contributed by atoms with Gasteiger partial charge in [0.1, 0.15) is 35.2 Å². The van der Waals surface area contributed by atoms with E-state index in [1.807, 2.05) is 4.90 Å². The van der Waals surface area contributed by atoms with E-state index in [9.17, 15) is 18.8 Å². The number of halogens is 1. The Morgan fingerprint density at radius 2 is 2.02 bits per heavy atom. The average Bonchev–Trinajstić information content (AvgIpc) is 3.58. The van der Waals surface area contributed by atoms with Gasteiger partial charge >= 0.3 is 6.09 Å². The quantitative estimate of drug-likeness (QED) is 0.381. The number of rotatable bonds is 9. The number of nitrogens with one attached hydrogen (secondary N) is 2. The molecule has 1 saturated carbocycles. The van der Waals surface area contributed by atoms with Crippen molar-refractivity contribution in [2.45, 2.75) is 63.8 Å². The molecule has 0 radical (unpaired) electrons. The molecule has 1 aliphatic heterocycles. The highest BCUT2D eigenvalue weighted by molar-refractivity contribution is 6.00. The Bertz CT molecular complexity index is 1550.